The molecule has 0 saturated heterocycles. The van der Waals surface area contributed by atoms with Crippen molar-refractivity contribution in [3.63, 3.8) is 0 Å². The van der Waals surface area contributed by atoms with Gasteiger partial charge in [0.25, 0.3) is 0 Å². The molecule has 1 unspecified atom stereocenters. The highest BCUT2D eigenvalue weighted by Gasteiger charge is 2.32. The van der Waals surface area contributed by atoms with Gasteiger partial charge in [-0.25, -0.2) is 13.2 Å². The number of rotatable bonds is 6. The van der Waals surface area contributed by atoms with Crippen LogP contribution in [0.5, 0.6) is 11.5 Å². The fourth-order valence-electron chi connectivity index (χ4n) is 1.91. The van der Waals surface area contributed by atoms with Crippen LogP contribution in [0.2, 0.25) is 0 Å². The van der Waals surface area contributed by atoms with Crippen LogP contribution in [0.3, 0.4) is 0 Å². The third-order valence-corrected chi connectivity index (χ3v) is 4.10. The number of ether oxygens (including phenoxy) is 3. The van der Waals surface area contributed by atoms with E-state index in [9.17, 15) is 13.2 Å². The van der Waals surface area contributed by atoms with Gasteiger partial charge in [0.1, 0.15) is 17.5 Å². The van der Waals surface area contributed by atoms with E-state index in [1.165, 1.54) is 34.3 Å². The Kier molecular flexibility index (Phi) is 5.42. The minimum Gasteiger partial charge on any atom is -0.497 e. The molecule has 21 heavy (non-hydrogen) atoms. The van der Waals surface area contributed by atoms with Crippen molar-refractivity contribution in [3.8, 4) is 11.5 Å². The average molecular weight is 317 g/mol. The first kappa shape index (κ1) is 17.1. The van der Waals surface area contributed by atoms with E-state index in [1.807, 2.05) is 0 Å². The first-order valence-corrected chi connectivity index (χ1v) is 7.90. The van der Waals surface area contributed by atoms with Crippen molar-refractivity contribution in [1.82, 2.24) is 0 Å². The van der Waals surface area contributed by atoms with Crippen molar-refractivity contribution in [3.05, 3.63) is 18.2 Å². The number of sulfonamides is 1. The largest absolute Gasteiger partial charge is 0.497 e. The van der Waals surface area contributed by atoms with Crippen LogP contribution in [0.4, 0.5) is 5.69 Å². The zero-order chi connectivity index (χ0) is 16.2. The monoisotopic (exact) mass is 317 g/mol. The molecule has 0 saturated carbocycles. The number of nitrogens with zero attached hydrogens (tertiary/aromatic N) is 1. The molecule has 0 heterocycles. The fraction of sp³-hybridized carbons (Fsp3) is 0.462. The normalized spacial score (nSPS) is 12.4. The summed E-state index contributed by atoms with van der Waals surface area (Å²) in [7, 11) is 0.333. The molecule has 1 rings (SSSR count). The molecule has 8 heteroatoms. The average Bonchev–Trinajstić information content (AvgIpc) is 2.44. The van der Waals surface area contributed by atoms with E-state index in [0.717, 1.165) is 10.6 Å². The maximum atomic E-state index is 12.1. The second kappa shape index (κ2) is 6.66. The van der Waals surface area contributed by atoms with E-state index in [1.54, 1.807) is 12.1 Å². The summed E-state index contributed by atoms with van der Waals surface area (Å²) in [5.41, 5.74) is 0.206. The van der Waals surface area contributed by atoms with Gasteiger partial charge in [0.2, 0.25) is 10.0 Å². The number of hydrogen-bond acceptors (Lipinski definition) is 6. The molecule has 0 aliphatic rings. The Morgan fingerprint density at radius 1 is 1.19 bits per heavy atom. The highest BCUT2D eigenvalue weighted by Crippen LogP contribution is 2.35. The molecule has 1 aromatic carbocycles. The lowest BCUT2D eigenvalue weighted by atomic mass is 10.2. The SMILES string of the molecule is COC(=O)C(C)N(c1cc(OC)ccc1OC)S(C)(=O)=O. The van der Waals surface area contributed by atoms with Crippen LogP contribution in [-0.2, 0) is 19.6 Å². The maximum Gasteiger partial charge on any atom is 0.329 e. The lowest BCUT2D eigenvalue weighted by Gasteiger charge is -2.28. The van der Waals surface area contributed by atoms with Crippen LogP contribution in [0.15, 0.2) is 18.2 Å². The predicted octanol–water partition coefficient (Wildman–Crippen LogP) is 1.03. The van der Waals surface area contributed by atoms with Gasteiger partial charge in [0.15, 0.2) is 0 Å². The molecule has 0 aliphatic carbocycles. The van der Waals surface area contributed by atoms with Crippen LogP contribution < -0.4 is 13.8 Å². The summed E-state index contributed by atoms with van der Waals surface area (Å²) < 4.78 is 40.0. The number of carbonyl (C=O) groups excluding carboxylic acids is 1. The Hall–Kier alpha value is -1.96. The molecule has 0 radical (unpaired) electrons. The lowest BCUT2D eigenvalue weighted by Crippen LogP contribution is -2.43. The molecule has 0 N–H and O–H groups in total. The zero-order valence-electron chi connectivity index (χ0n) is 12.6. The van der Waals surface area contributed by atoms with Gasteiger partial charge in [-0.3, -0.25) is 4.31 Å². The van der Waals surface area contributed by atoms with Crippen LogP contribution in [-0.4, -0.2) is 48.0 Å². The van der Waals surface area contributed by atoms with Crippen molar-refractivity contribution in [1.29, 1.82) is 0 Å². The quantitative estimate of drug-likeness (QED) is 0.729. The summed E-state index contributed by atoms with van der Waals surface area (Å²) >= 11 is 0. The lowest BCUT2D eigenvalue weighted by molar-refractivity contribution is -0.141. The molecule has 0 bridgehead atoms. The predicted molar refractivity (Wildman–Crippen MR) is 78.3 cm³/mol. The minimum atomic E-state index is -3.73. The maximum absolute atomic E-state index is 12.1. The Balaban J connectivity index is 3.49. The number of anilines is 1. The number of benzene rings is 1. The topological polar surface area (TPSA) is 82.1 Å². The third-order valence-electron chi connectivity index (χ3n) is 2.87. The van der Waals surface area contributed by atoms with E-state index < -0.39 is 22.0 Å². The smallest absolute Gasteiger partial charge is 0.329 e. The minimum absolute atomic E-state index is 0.206. The van der Waals surface area contributed by atoms with Gasteiger partial charge in [-0.15, -0.1) is 0 Å². The Morgan fingerprint density at radius 3 is 2.24 bits per heavy atom. The number of carbonyl (C=O) groups is 1. The van der Waals surface area contributed by atoms with Gasteiger partial charge < -0.3 is 14.2 Å². The van der Waals surface area contributed by atoms with Gasteiger partial charge in [0, 0.05) is 6.07 Å². The van der Waals surface area contributed by atoms with E-state index >= 15 is 0 Å². The van der Waals surface area contributed by atoms with Gasteiger partial charge in [-0.1, -0.05) is 0 Å². The van der Waals surface area contributed by atoms with Gasteiger partial charge >= 0.3 is 5.97 Å². The van der Waals surface area contributed by atoms with Crippen molar-refractivity contribution < 1.29 is 27.4 Å². The third kappa shape index (κ3) is 3.78. The van der Waals surface area contributed by atoms with E-state index in [0.29, 0.717) is 11.5 Å². The highest BCUT2D eigenvalue weighted by atomic mass is 32.2. The highest BCUT2D eigenvalue weighted by molar-refractivity contribution is 7.92. The molecule has 118 valence electrons. The van der Waals surface area contributed by atoms with Crippen molar-refractivity contribution in [2.75, 3.05) is 31.9 Å². The van der Waals surface area contributed by atoms with Crippen molar-refractivity contribution >= 4 is 21.7 Å². The molecule has 7 nitrogen and oxygen atoms in total. The Bertz CT molecular complexity index is 613. The van der Waals surface area contributed by atoms with Crippen molar-refractivity contribution in [2.24, 2.45) is 0 Å². The molecular formula is C13H19NO6S. The van der Waals surface area contributed by atoms with Gasteiger partial charge in [-0.2, -0.15) is 0 Å². The van der Waals surface area contributed by atoms with Crippen LogP contribution in [0, 0.1) is 0 Å². The second-order valence-corrected chi connectivity index (χ2v) is 6.16. The van der Waals surface area contributed by atoms with Gasteiger partial charge in [-0.05, 0) is 19.1 Å². The van der Waals surface area contributed by atoms with Crippen molar-refractivity contribution in [2.45, 2.75) is 13.0 Å². The number of hydrogen-bond donors (Lipinski definition) is 0. The molecule has 0 aromatic heterocycles. The van der Waals surface area contributed by atoms with E-state index in [2.05, 4.69) is 4.74 Å². The summed E-state index contributed by atoms with van der Waals surface area (Å²) in [6.07, 6.45) is 1.01. The first-order valence-electron chi connectivity index (χ1n) is 6.05. The molecular weight excluding hydrogens is 298 g/mol. The molecule has 0 fully saturated rings. The summed E-state index contributed by atoms with van der Waals surface area (Å²) in [4.78, 5) is 11.7. The van der Waals surface area contributed by atoms with E-state index in [4.69, 9.17) is 9.47 Å². The van der Waals surface area contributed by atoms with Crippen LogP contribution >= 0.6 is 0 Å². The summed E-state index contributed by atoms with van der Waals surface area (Å²) in [6.45, 7) is 1.44. The van der Waals surface area contributed by atoms with Gasteiger partial charge in [0.05, 0.1) is 33.3 Å². The molecule has 1 aromatic rings. The second-order valence-electron chi connectivity index (χ2n) is 4.30. The number of esters is 1. The van der Waals surface area contributed by atoms with Crippen LogP contribution in [0.1, 0.15) is 6.92 Å². The summed E-state index contributed by atoms with van der Waals surface area (Å²) in [5.74, 6) is 0.0683. The zero-order valence-corrected chi connectivity index (χ0v) is 13.4. The standard InChI is InChI=1S/C13H19NO6S/c1-9(13(15)20-4)14(21(5,16)17)11-8-10(18-2)6-7-12(11)19-3/h6-9H,1-5H3. The Labute approximate surface area is 124 Å². The van der Waals surface area contributed by atoms with Crippen LogP contribution in [0.25, 0.3) is 0 Å². The molecule has 0 spiro atoms. The molecule has 0 amide bonds. The summed E-state index contributed by atoms with van der Waals surface area (Å²) in [5, 5.41) is 0. The molecule has 0 aliphatic heterocycles. The Morgan fingerprint density at radius 2 is 1.81 bits per heavy atom. The molecule has 1 atom stereocenters. The fourth-order valence-corrected chi connectivity index (χ4v) is 3.07. The summed E-state index contributed by atoms with van der Waals surface area (Å²) in [6, 6.07) is 3.65. The van der Waals surface area contributed by atoms with E-state index in [-0.39, 0.29) is 5.69 Å². The number of methoxy groups -OCH3 is 3. The first-order chi connectivity index (χ1) is 9.76.